The van der Waals surface area contributed by atoms with E-state index in [1.54, 1.807) is 0 Å². The van der Waals surface area contributed by atoms with Crippen LogP contribution in [0.15, 0.2) is 0 Å². The number of hydrogen-bond acceptors (Lipinski definition) is 6. The molecule has 6 unspecified atom stereocenters. The summed E-state index contributed by atoms with van der Waals surface area (Å²) >= 11 is 0. The van der Waals surface area contributed by atoms with Crippen LogP contribution in [0, 0.1) is 52.8 Å². The zero-order chi connectivity index (χ0) is 26.7. The van der Waals surface area contributed by atoms with Crippen molar-refractivity contribution in [3.8, 4) is 0 Å². The Labute approximate surface area is 222 Å². The van der Waals surface area contributed by atoms with Crippen molar-refractivity contribution < 1.29 is 28.6 Å². The minimum atomic E-state index is -0.455. The number of fused-ring (bicyclic) bond motifs is 1. The maximum atomic E-state index is 12.3. The van der Waals surface area contributed by atoms with Crippen molar-refractivity contribution in [1.29, 1.82) is 0 Å². The molecular formula is C31H48O6. The predicted octanol–water partition coefficient (Wildman–Crippen LogP) is 6.10. The summed E-state index contributed by atoms with van der Waals surface area (Å²) in [6.45, 7) is 12.1. The van der Waals surface area contributed by atoms with Crippen LogP contribution in [0.25, 0.3) is 0 Å². The van der Waals surface area contributed by atoms with Gasteiger partial charge in [0, 0.05) is 11.8 Å². The maximum absolute atomic E-state index is 12.3. The molecule has 0 aromatic heterocycles. The highest BCUT2D eigenvalue weighted by Crippen LogP contribution is 2.61. The Kier molecular flexibility index (Phi) is 7.19. The lowest BCUT2D eigenvalue weighted by Gasteiger charge is -2.60. The van der Waals surface area contributed by atoms with E-state index in [9.17, 15) is 14.4 Å². The second-order valence-corrected chi connectivity index (χ2v) is 13.9. The molecule has 6 heteroatoms. The van der Waals surface area contributed by atoms with Gasteiger partial charge in [0.2, 0.25) is 0 Å². The van der Waals surface area contributed by atoms with Gasteiger partial charge in [-0.05, 0) is 102 Å². The highest BCUT2D eigenvalue weighted by atomic mass is 16.6. The molecule has 1 heterocycles. The van der Waals surface area contributed by atoms with Crippen LogP contribution in [0.1, 0.15) is 106 Å². The van der Waals surface area contributed by atoms with E-state index in [1.807, 2.05) is 27.7 Å². The fourth-order valence-electron chi connectivity index (χ4n) is 8.74. The van der Waals surface area contributed by atoms with Crippen molar-refractivity contribution in [2.45, 2.75) is 124 Å². The number of esters is 3. The molecule has 7 rings (SSSR count). The summed E-state index contributed by atoms with van der Waals surface area (Å²) < 4.78 is 17.2. The molecule has 1 aliphatic heterocycles. The summed E-state index contributed by atoms with van der Waals surface area (Å²) in [5.41, 5.74) is -0.558. The first-order valence-electron chi connectivity index (χ1n) is 15.2. The van der Waals surface area contributed by atoms with E-state index < -0.39 is 5.41 Å². The van der Waals surface area contributed by atoms with Crippen LogP contribution in [0.3, 0.4) is 0 Å². The van der Waals surface area contributed by atoms with Crippen LogP contribution in [-0.4, -0.2) is 35.7 Å². The highest BCUT2D eigenvalue weighted by molar-refractivity contribution is 5.78. The van der Waals surface area contributed by atoms with Gasteiger partial charge >= 0.3 is 17.9 Å². The van der Waals surface area contributed by atoms with E-state index in [0.29, 0.717) is 23.7 Å². The lowest BCUT2D eigenvalue weighted by molar-refractivity contribution is -0.214. The van der Waals surface area contributed by atoms with Gasteiger partial charge in [0.25, 0.3) is 0 Å². The largest absolute Gasteiger partial charge is 0.458 e. The summed E-state index contributed by atoms with van der Waals surface area (Å²) in [6, 6.07) is 0. The van der Waals surface area contributed by atoms with Crippen molar-refractivity contribution in [1.82, 2.24) is 0 Å². The van der Waals surface area contributed by atoms with Crippen molar-refractivity contribution >= 4 is 17.9 Å². The number of carbonyl (C=O) groups excluding carboxylic acids is 3. The van der Waals surface area contributed by atoms with Crippen LogP contribution < -0.4 is 0 Å². The number of hydrogen-bond donors (Lipinski definition) is 0. The van der Waals surface area contributed by atoms with Gasteiger partial charge in [0.15, 0.2) is 0 Å². The van der Waals surface area contributed by atoms with Gasteiger partial charge in [-0.1, -0.05) is 27.7 Å². The third kappa shape index (κ3) is 4.52. The van der Waals surface area contributed by atoms with Gasteiger partial charge in [-0.25, -0.2) is 0 Å². The normalized spacial score (nSPS) is 43.2. The summed E-state index contributed by atoms with van der Waals surface area (Å²) in [5, 5.41) is 0. The minimum absolute atomic E-state index is 0.0526. The Morgan fingerprint density at radius 2 is 1.62 bits per heavy atom. The number of rotatable bonds is 7. The first-order valence-corrected chi connectivity index (χ1v) is 15.2. The summed E-state index contributed by atoms with van der Waals surface area (Å²) in [5.74, 6) is 3.74. The molecule has 0 aromatic rings. The lowest BCUT2D eigenvalue weighted by Crippen LogP contribution is -2.59. The molecule has 6 bridgehead atoms. The molecule has 0 spiro atoms. The molecule has 37 heavy (non-hydrogen) atoms. The molecule has 6 saturated carbocycles. The predicted molar refractivity (Wildman–Crippen MR) is 139 cm³/mol. The third-order valence-corrected chi connectivity index (χ3v) is 11.5. The SMILES string of the molecule is CCC(C)(C)C(=O)OC1C2CC3C(=O)OC1C3C2.CCC(C)C(=O)OC1(CC)C2CC3CC(C2)CC1C3. The van der Waals surface area contributed by atoms with Crippen molar-refractivity contribution in [2.75, 3.05) is 0 Å². The minimum Gasteiger partial charge on any atom is -0.458 e. The molecule has 0 radical (unpaired) electrons. The highest BCUT2D eigenvalue weighted by Gasteiger charge is 2.63. The lowest BCUT2D eigenvalue weighted by atomic mass is 9.49. The third-order valence-electron chi connectivity index (χ3n) is 11.5. The van der Waals surface area contributed by atoms with Gasteiger partial charge in [-0.3, -0.25) is 14.4 Å². The zero-order valence-electron chi connectivity index (χ0n) is 23.8. The average molecular weight is 517 g/mol. The van der Waals surface area contributed by atoms with Gasteiger partial charge in [0.05, 0.1) is 17.3 Å². The molecule has 1 saturated heterocycles. The van der Waals surface area contributed by atoms with E-state index in [0.717, 1.165) is 43.9 Å². The first kappa shape index (κ1) is 27.0. The van der Waals surface area contributed by atoms with Crippen LogP contribution in [0.4, 0.5) is 0 Å². The maximum Gasteiger partial charge on any atom is 0.311 e. The van der Waals surface area contributed by atoms with E-state index in [4.69, 9.17) is 14.2 Å². The average Bonchev–Trinajstić information content (AvgIpc) is 3.51. The molecule has 0 aromatic carbocycles. The van der Waals surface area contributed by atoms with Crippen LogP contribution in [0.2, 0.25) is 0 Å². The molecule has 208 valence electrons. The van der Waals surface area contributed by atoms with Crippen molar-refractivity contribution in [3.05, 3.63) is 0 Å². The smallest absolute Gasteiger partial charge is 0.311 e. The first-order chi connectivity index (χ1) is 17.5. The molecule has 0 amide bonds. The molecule has 6 nitrogen and oxygen atoms in total. The standard InChI is InChI=1S/C17H28O2.C14H20O4/c1-4-11(3)16(18)19-17(5-2)14-7-12-6-13(9-14)10-15(17)8-12;1-4-14(2,3)13(16)18-10-7-5-8-9(6-7)12(15)17-11(8)10/h11-15H,4-10H2,1-3H3;7-11H,4-6H2,1-3H3. The Hall–Kier alpha value is -1.59. The van der Waals surface area contributed by atoms with Gasteiger partial charge in [-0.15, -0.1) is 0 Å². The van der Waals surface area contributed by atoms with Gasteiger partial charge in [0.1, 0.15) is 17.8 Å². The van der Waals surface area contributed by atoms with E-state index in [2.05, 4.69) is 13.8 Å². The second kappa shape index (κ2) is 9.86. The molecule has 6 aliphatic carbocycles. The second-order valence-electron chi connectivity index (χ2n) is 13.9. The van der Waals surface area contributed by atoms with E-state index in [1.165, 1.54) is 32.1 Å². The summed E-state index contributed by atoms with van der Waals surface area (Å²) in [7, 11) is 0. The Morgan fingerprint density at radius 1 is 1.00 bits per heavy atom. The van der Waals surface area contributed by atoms with Gasteiger partial charge in [-0.2, -0.15) is 0 Å². The van der Waals surface area contributed by atoms with Gasteiger partial charge < -0.3 is 14.2 Å². The summed E-state index contributed by atoms with van der Waals surface area (Å²) in [4.78, 5) is 36.0. The molecule has 7 fully saturated rings. The Balaban J connectivity index is 0.000000152. The topological polar surface area (TPSA) is 78.9 Å². The van der Waals surface area contributed by atoms with Crippen molar-refractivity contribution in [3.63, 3.8) is 0 Å². The molecule has 7 aliphatic rings. The fourth-order valence-corrected chi connectivity index (χ4v) is 8.74. The Bertz CT molecular complexity index is 879. The fraction of sp³-hybridized carbons (Fsp3) is 0.903. The monoisotopic (exact) mass is 516 g/mol. The van der Waals surface area contributed by atoms with Crippen molar-refractivity contribution in [2.24, 2.45) is 52.8 Å². The number of carbonyl (C=O) groups is 3. The Morgan fingerprint density at radius 3 is 2.16 bits per heavy atom. The van der Waals surface area contributed by atoms with Crippen LogP contribution in [-0.2, 0) is 28.6 Å². The molecular weight excluding hydrogens is 468 g/mol. The number of ether oxygens (including phenoxy) is 3. The van der Waals surface area contributed by atoms with Crippen LogP contribution in [0.5, 0.6) is 0 Å². The van der Waals surface area contributed by atoms with Crippen LogP contribution >= 0.6 is 0 Å². The molecule has 6 atom stereocenters. The summed E-state index contributed by atoms with van der Waals surface area (Å²) in [6.07, 6.45) is 10.8. The van der Waals surface area contributed by atoms with E-state index >= 15 is 0 Å². The quantitative estimate of drug-likeness (QED) is 0.301. The van der Waals surface area contributed by atoms with E-state index in [-0.39, 0.29) is 47.6 Å². The zero-order valence-corrected chi connectivity index (χ0v) is 23.8. The molecule has 0 N–H and O–H groups in total.